The lowest BCUT2D eigenvalue weighted by molar-refractivity contribution is -0.137. The number of carbonyl (C=O) groups excluding carboxylic acids is 1. The van der Waals surface area contributed by atoms with Crippen molar-refractivity contribution in [3.05, 3.63) is 71.9 Å². The van der Waals surface area contributed by atoms with Crippen LogP contribution in [0.2, 0.25) is 0 Å². The molecule has 4 heterocycles. The van der Waals surface area contributed by atoms with E-state index in [4.69, 9.17) is 4.74 Å². The summed E-state index contributed by atoms with van der Waals surface area (Å²) in [5.41, 5.74) is -0.669. The number of hydrogen-bond donors (Lipinski definition) is 0. The fourth-order valence-corrected chi connectivity index (χ4v) is 4.64. The number of alkyl halides is 3. The van der Waals surface area contributed by atoms with Crippen molar-refractivity contribution in [2.75, 3.05) is 0 Å². The summed E-state index contributed by atoms with van der Waals surface area (Å²) in [6.45, 7) is 0. The molecule has 3 atom stereocenters. The Morgan fingerprint density at radius 1 is 1.03 bits per heavy atom. The van der Waals surface area contributed by atoms with Gasteiger partial charge in [0, 0.05) is 42.7 Å². The van der Waals surface area contributed by atoms with E-state index in [0.29, 0.717) is 18.4 Å². The molecule has 0 N–H and O–H groups in total. The van der Waals surface area contributed by atoms with E-state index in [1.165, 1.54) is 30.6 Å². The molecule has 10 heteroatoms. The van der Waals surface area contributed by atoms with Gasteiger partial charge in [-0.1, -0.05) is 12.1 Å². The topological polar surface area (TPSA) is 68.2 Å². The van der Waals surface area contributed by atoms with Crippen LogP contribution in [-0.2, 0) is 6.18 Å². The summed E-state index contributed by atoms with van der Waals surface area (Å²) >= 11 is 0. The predicted molar refractivity (Wildman–Crippen MR) is 109 cm³/mol. The Morgan fingerprint density at radius 2 is 1.82 bits per heavy atom. The molecule has 3 aromatic rings. The molecule has 2 fully saturated rings. The molecule has 0 aliphatic carbocycles. The summed E-state index contributed by atoms with van der Waals surface area (Å²) in [5.74, 6) is -0.849. The van der Waals surface area contributed by atoms with Gasteiger partial charge in [-0.3, -0.25) is 4.79 Å². The maximum absolute atomic E-state index is 14.9. The third-order valence-electron chi connectivity index (χ3n) is 6.08. The second-order valence-electron chi connectivity index (χ2n) is 8.02. The monoisotopic (exact) mass is 458 g/mol. The highest BCUT2D eigenvalue weighted by molar-refractivity contribution is 6.01. The number of carbonyl (C=O) groups is 1. The van der Waals surface area contributed by atoms with Gasteiger partial charge in [0.25, 0.3) is 5.91 Å². The zero-order valence-corrected chi connectivity index (χ0v) is 17.2. The standard InChI is InChI=1S/C23H18F4N4O2/c24-16-4-1-3-15(21-28-9-2-10-29-21)20(16)22(32)31-14-6-7-17(31)18(11-14)33-19-8-5-13(12-30-19)23(25,26)27/h1-5,8-10,12,14,17-18H,6-7,11H2/t14-,17+,18-/m1/s1. The molecule has 5 rings (SSSR count). The van der Waals surface area contributed by atoms with Crippen LogP contribution in [0, 0.1) is 5.82 Å². The first-order valence-corrected chi connectivity index (χ1v) is 10.4. The molecule has 170 valence electrons. The highest BCUT2D eigenvalue weighted by Gasteiger charge is 2.50. The van der Waals surface area contributed by atoms with Crippen LogP contribution in [0.5, 0.6) is 5.88 Å². The summed E-state index contributed by atoms with van der Waals surface area (Å²) in [5, 5.41) is 0. The van der Waals surface area contributed by atoms with Crippen LogP contribution in [0.4, 0.5) is 17.6 Å². The molecule has 2 saturated heterocycles. The first kappa shape index (κ1) is 21.3. The molecule has 2 aromatic heterocycles. The minimum absolute atomic E-state index is 0.0530. The van der Waals surface area contributed by atoms with Gasteiger partial charge in [-0.2, -0.15) is 13.2 Å². The van der Waals surface area contributed by atoms with Crippen molar-refractivity contribution in [3.8, 4) is 17.3 Å². The summed E-state index contributed by atoms with van der Waals surface area (Å²) in [6, 6.07) is 7.52. The number of rotatable bonds is 4. The van der Waals surface area contributed by atoms with Gasteiger partial charge in [-0.05, 0) is 31.0 Å². The van der Waals surface area contributed by atoms with Gasteiger partial charge >= 0.3 is 6.18 Å². The van der Waals surface area contributed by atoms with Crippen molar-refractivity contribution in [2.24, 2.45) is 0 Å². The Bertz CT molecular complexity index is 1170. The molecule has 33 heavy (non-hydrogen) atoms. The van der Waals surface area contributed by atoms with Crippen LogP contribution in [0.15, 0.2) is 55.0 Å². The van der Waals surface area contributed by atoms with Crippen molar-refractivity contribution in [3.63, 3.8) is 0 Å². The highest BCUT2D eigenvalue weighted by Crippen LogP contribution is 2.41. The number of fused-ring (bicyclic) bond motifs is 2. The molecule has 2 bridgehead atoms. The molecule has 0 saturated carbocycles. The number of aromatic nitrogens is 3. The molecular weight excluding hydrogens is 440 g/mol. The Labute approximate surface area is 186 Å². The van der Waals surface area contributed by atoms with E-state index in [-0.39, 0.29) is 29.4 Å². The minimum Gasteiger partial charge on any atom is -0.472 e. The third kappa shape index (κ3) is 3.90. The normalized spacial score (nSPS) is 21.9. The molecule has 0 unspecified atom stereocenters. The van der Waals surface area contributed by atoms with Crippen molar-refractivity contribution < 1.29 is 27.1 Å². The van der Waals surface area contributed by atoms with E-state index >= 15 is 0 Å². The fraction of sp³-hybridized carbons (Fsp3) is 0.304. The van der Waals surface area contributed by atoms with Crippen LogP contribution >= 0.6 is 0 Å². The molecule has 0 spiro atoms. The average Bonchev–Trinajstić information content (AvgIpc) is 3.37. The van der Waals surface area contributed by atoms with Gasteiger partial charge in [0.2, 0.25) is 5.88 Å². The van der Waals surface area contributed by atoms with Gasteiger partial charge in [-0.25, -0.2) is 19.3 Å². The fourth-order valence-electron chi connectivity index (χ4n) is 4.64. The number of halogens is 4. The maximum Gasteiger partial charge on any atom is 0.417 e. The summed E-state index contributed by atoms with van der Waals surface area (Å²) < 4.78 is 59.0. The van der Waals surface area contributed by atoms with Crippen LogP contribution in [-0.4, -0.2) is 43.9 Å². The summed E-state index contributed by atoms with van der Waals surface area (Å²) in [6.07, 6.45) is 0.697. The smallest absolute Gasteiger partial charge is 0.417 e. The van der Waals surface area contributed by atoms with E-state index < -0.39 is 29.6 Å². The van der Waals surface area contributed by atoms with Gasteiger partial charge in [-0.15, -0.1) is 0 Å². The summed E-state index contributed by atoms with van der Waals surface area (Å²) in [4.78, 5) is 27.2. The van der Waals surface area contributed by atoms with E-state index in [1.54, 1.807) is 17.0 Å². The number of ether oxygens (including phenoxy) is 1. The lowest BCUT2D eigenvalue weighted by Gasteiger charge is -2.25. The SMILES string of the molecule is O=C(c1c(F)cccc1-c1ncccn1)N1[C@@H]2CC[C@H]1[C@H](Oc1ccc(C(F)(F)F)cn1)C2. The molecule has 6 nitrogen and oxygen atoms in total. The Balaban J connectivity index is 1.39. The van der Waals surface area contributed by atoms with Crippen molar-refractivity contribution in [2.45, 2.75) is 43.6 Å². The molecule has 2 aliphatic heterocycles. The molecule has 1 aromatic carbocycles. The molecule has 1 amide bonds. The van der Waals surface area contributed by atoms with Crippen LogP contribution in [0.3, 0.4) is 0 Å². The first-order chi connectivity index (χ1) is 15.8. The number of nitrogens with zero attached hydrogens (tertiary/aromatic N) is 4. The number of benzene rings is 1. The number of amides is 1. The highest BCUT2D eigenvalue weighted by atomic mass is 19.4. The van der Waals surface area contributed by atoms with Crippen LogP contribution < -0.4 is 4.74 Å². The van der Waals surface area contributed by atoms with E-state index in [9.17, 15) is 22.4 Å². The largest absolute Gasteiger partial charge is 0.472 e. The quantitative estimate of drug-likeness (QED) is 0.538. The first-order valence-electron chi connectivity index (χ1n) is 10.4. The molecule has 0 radical (unpaired) electrons. The Hall–Kier alpha value is -3.56. The third-order valence-corrected chi connectivity index (χ3v) is 6.08. The minimum atomic E-state index is -4.49. The number of hydrogen-bond acceptors (Lipinski definition) is 5. The second kappa shape index (κ2) is 8.09. The van der Waals surface area contributed by atoms with Crippen LogP contribution in [0.25, 0.3) is 11.4 Å². The van der Waals surface area contributed by atoms with E-state index in [2.05, 4.69) is 15.0 Å². The number of pyridine rings is 1. The van der Waals surface area contributed by atoms with E-state index in [0.717, 1.165) is 18.7 Å². The predicted octanol–water partition coefficient (Wildman–Crippen LogP) is 4.52. The maximum atomic E-state index is 14.9. The Morgan fingerprint density at radius 3 is 2.52 bits per heavy atom. The van der Waals surface area contributed by atoms with Crippen molar-refractivity contribution in [1.82, 2.24) is 19.9 Å². The van der Waals surface area contributed by atoms with Gasteiger partial charge in [0.15, 0.2) is 5.82 Å². The van der Waals surface area contributed by atoms with Crippen LogP contribution in [0.1, 0.15) is 35.2 Å². The second-order valence-corrected chi connectivity index (χ2v) is 8.02. The Kier molecular flexibility index (Phi) is 5.22. The zero-order valence-electron chi connectivity index (χ0n) is 17.2. The van der Waals surface area contributed by atoms with Crippen molar-refractivity contribution >= 4 is 5.91 Å². The van der Waals surface area contributed by atoms with Crippen molar-refractivity contribution in [1.29, 1.82) is 0 Å². The molecular formula is C23H18F4N4O2. The van der Waals surface area contributed by atoms with Gasteiger partial charge in [0.1, 0.15) is 11.9 Å². The lowest BCUT2D eigenvalue weighted by atomic mass is 9.98. The summed E-state index contributed by atoms with van der Waals surface area (Å²) in [7, 11) is 0. The molecule has 2 aliphatic rings. The van der Waals surface area contributed by atoms with E-state index in [1.807, 2.05) is 0 Å². The zero-order chi connectivity index (χ0) is 23.2. The van der Waals surface area contributed by atoms with Gasteiger partial charge in [0.05, 0.1) is 17.2 Å². The average molecular weight is 458 g/mol. The van der Waals surface area contributed by atoms with Gasteiger partial charge < -0.3 is 9.64 Å². The lowest BCUT2D eigenvalue weighted by Crippen LogP contribution is -2.40.